The molecule has 1 atom stereocenters. The second kappa shape index (κ2) is 7.61. The van der Waals surface area contributed by atoms with Gasteiger partial charge in [0.15, 0.2) is 5.65 Å². The summed E-state index contributed by atoms with van der Waals surface area (Å²) in [6.07, 6.45) is 3.18. The number of thioether (sulfide) groups is 1. The van der Waals surface area contributed by atoms with Crippen LogP contribution in [-0.4, -0.2) is 62.1 Å². The lowest BCUT2D eigenvalue weighted by Gasteiger charge is -2.31. The molecule has 140 valence electrons. The number of aromatic nitrogens is 4. The van der Waals surface area contributed by atoms with Crippen LogP contribution >= 0.6 is 11.8 Å². The maximum Gasteiger partial charge on any atom is 0.233 e. The molecular formula is C18H18FN5O2S. The third kappa shape index (κ3) is 3.79. The normalized spacial score (nSPS) is 17.4. The van der Waals surface area contributed by atoms with Gasteiger partial charge in [-0.2, -0.15) is 5.10 Å². The van der Waals surface area contributed by atoms with Crippen molar-refractivity contribution in [3.8, 4) is 5.69 Å². The first-order valence-electron chi connectivity index (χ1n) is 8.58. The number of carbonyl (C=O) groups is 1. The molecule has 0 radical (unpaired) electrons. The third-order valence-electron chi connectivity index (χ3n) is 4.33. The van der Waals surface area contributed by atoms with Gasteiger partial charge in [0, 0.05) is 13.1 Å². The number of carbonyl (C=O) groups excluding carboxylic acids is 1. The van der Waals surface area contributed by atoms with Gasteiger partial charge in [-0.1, -0.05) is 11.8 Å². The van der Waals surface area contributed by atoms with Crippen LogP contribution in [0.25, 0.3) is 16.7 Å². The van der Waals surface area contributed by atoms with E-state index in [-0.39, 0.29) is 17.8 Å². The Morgan fingerprint density at radius 1 is 1.33 bits per heavy atom. The number of rotatable bonds is 4. The van der Waals surface area contributed by atoms with E-state index in [4.69, 9.17) is 4.74 Å². The van der Waals surface area contributed by atoms with Crippen molar-refractivity contribution < 1.29 is 13.9 Å². The summed E-state index contributed by atoms with van der Waals surface area (Å²) >= 11 is 1.37. The van der Waals surface area contributed by atoms with E-state index in [9.17, 15) is 9.18 Å². The Balaban J connectivity index is 1.53. The molecule has 1 aromatic carbocycles. The third-order valence-corrected chi connectivity index (χ3v) is 5.32. The highest BCUT2D eigenvalue weighted by molar-refractivity contribution is 8.00. The Bertz CT molecular complexity index is 962. The summed E-state index contributed by atoms with van der Waals surface area (Å²) < 4.78 is 20.3. The average Bonchev–Trinajstić information content (AvgIpc) is 3.11. The number of halogens is 1. The van der Waals surface area contributed by atoms with Crippen LogP contribution in [0.4, 0.5) is 4.39 Å². The van der Waals surface area contributed by atoms with E-state index in [2.05, 4.69) is 15.1 Å². The fourth-order valence-electron chi connectivity index (χ4n) is 2.98. The lowest BCUT2D eigenvalue weighted by Crippen LogP contribution is -2.45. The maximum absolute atomic E-state index is 13.2. The van der Waals surface area contributed by atoms with Crippen molar-refractivity contribution in [1.29, 1.82) is 0 Å². The number of benzene rings is 1. The fourth-order valence-corrected chi connectivity index (χ4v) is 3.84. The predicted octanol–water partition coefficient (Wildman–Crippen LogP) is 2.29. The molecule has 1 unspecified atom stereocenters. The van der Waals surface area contributed by atoms with Gasteiger partial charge < -0.3 is 9.64 Å². The van der Waals surface area contributed by atoms with E-state index < -0.39 is 0 Å². The minimum atomic E-state index is -0.308. The number of fused-ring (bicyclic) bond motifs is 1. The van der Waals surface area contributed by atoms with Crippen molar-refractivity contribution in [3.63, 3.8) is 0 Å². The summed E-state index contributed by atoms with van der Waals surface area (Å²) in [7, 11) is 0. The van der Waals surface area contributed by atoms with Crippen molar-refractivity contribution in [2.24, 2.45) is 0 Å². The van der Waals surface area contributed by atoms with E-state index in [0.29, 0.717) is 41.8 Å². The molecule has 0 saturated carbocycles. The van der Waals surface area contributed by atoms with Gasteiger partial charge in [0.25, 0.3) is 0 Å². The fraction of sp³-hybridized carbons (Fsp3) is 0.333. The standard InChI is InChI=1S/C18H18FN5O2S/c1-12-9-23(6-7-26-12)16(25)10-27-18-15-8-22-24(17(15)20-11-21-18)14-4-2-13(19)3-5-14/h2-5,8,11-12H,6-7,9-10H2,1H3. The van der Waals surface area contributed by atoms with Gasteiger partial charge in [0.05, 0.1) is 35.7 Å². The van der Waals surface area contributed by atoms with Crippen LogP contribution in [0.15, 0.2) is 41.8 Å². The predicted molar refractivity (Wildman–Crippen MR) is 99.3 cm³/mol. The summed E-state index contributed by atoms with van der Waals surface area (Å²) in [4.78, 5) is 22.9. The van der Waals surface area contributed by atoms with E-state index in [1.54, 1.807) is 23.0 Å². The molecule has 7 nitrogen and oxygen atoms in total. The lowest BCUT2D eigenvalue weighted by molar-refractivity contribution is -0.135. The van der Waals surface area contributed by atoms with Crippen molar-refractivity contribution in [1.82, 2.24) is 24.6 Å². The minimum Gasteiger partial charge on any atom is -0.375 e. The lowest BCUT2D eigenvalue weighted by atomic mass is 10.3. The SMILES string of the molecule is CC1CN(C(=O)CSc2ncnc3c2cnn3-c2ccc(F)cc2)CCO1. The first kappa shape index (κ1) is 17.9. The number of ether oxygens (including phenoxy) is 1. The van der Waals surface area contributed by atoms with Crippen LogP contribution in [-0.2, 0) is 9.53 Å². The van der Waals surface area contributed by atoms with Gasteiger partial charge in [-0.15, -0.1) is 0 Å². The van der Waals surface area contributed by atoms with Crippen LogP contribution in [0, 0.1) is 5.82 Å². The molecule has 9 heteroatoms. The first-order valence-corrected chi connectivity index (χ1v) is 9.57. The average molecular weight is 387 g/mol. The van der Waals surface area contributed by atoms with Crippen LogP contribution in [0.2, 0.25) is 0 Å². The van der Waals surface area contributed by atoms with E-state index in [0.717, 1.165) is 5.39 Å². The van der Waals surface area contributed by atoms with Crippen LogP contribution in [0.3, 0.4) is 0 Å². The molecule has 3 aromatic rings. The molecule has 0 bridgehead atoms. The minimum absolute atomic E-state index is 0.0624. The molecular weight excluding hydrogens is 369 g/mol. The summed E-state index contributed by atoms with van der Waals surface area (Å²) in [6, 6.07) is 6.03. The molecule has 1 fully saturated rings. The Morgan fingerprint density at radius 3 is 2.93 bits per heavy atom. The van der Waals surface area contributed by atoms with Crippen molar-refractivity contribution in [2.75, 3.05) is 25.4 Å². The van der Waals surface area contributed by atoms with E-state index >= 15 is 0 Å². The molecule has 1 aliphatic heterocycles. The number of hydrogen-bond donors (Lipinski definition) is 0. The molecule has 2 aromatic heterocycles. The second-order valence-corrected chi connectivity index (χ2v) is 7.22. The maximum atomic E-state index is 13.2. The smallest absolute Gasteiger partial charge is 0.233 e. The molecule has 3 heterocycles. The van der Waals surface area contributed by atoms with Gasteiger partial charge in [-0.3, -0.25) is 4.79 Å². The van der Waals surface area contributed by atoms with E-state index in [1.807, 2.05) is 11.8 Å². The van der Waals surface area contributed by atoms with Crippen LogP contribution in [0.1, 0.15) is 6.92 Å². The second-order valence-electron chi connectivity index (χ2n) is 6.26. The van der Waals surface area contributed by atoms with E-state index in [1.165, 1.54) is 30.2 Å². The largest absolute Gasteiger partial charge is 0.375 e. The zero-order chi connectivity index (χ0) is 18.8. The Hall–Kier alpha value is -2.52. The molecule has 0 aliphatic carbocycles. The number of hydrogen-bond acceptors (Lipinski definition) is 6. The Kier molecular flexibility index (Phi) is 5.04. The number of morpholine rings is 1. The Morgan fingerprint density at radius 2 is 2.15 bits per heavy atom. The summed E-state index contributed by atoms with van der Waals surface area (Å²) in [5.74, 6) is 0.0467. The van der Waals surface area contributed by atoms with Crippen LogP contribution in [0.5, 0.6) is 0 Å². The zero-order valence-electron chi connectivity index (χ0n) is 14.7. The quantitative estimate of drug-likeness (QED) is 0.505. The number of nitrogens with zero attached hydrogens (tertiary/aromatic N) is 5. The van der Waals surface area contributed by atoms with Gasteiger partial charge in [-0.25, -0.2) is 19.0 Å². The highest BCUT2D eigenvalue weighted by Gasteiger charge is 2.22. The number of amides is 1. The van der Waals surface area contributed by atoms with Gasteiger partial charge in [0.1, 0.15) is 17.2 Å². The highest BCUT2D eigenvalue weighted by atomic mass is 32.2. The van der Waals surface area contributed by atoms with Crippen molar-refractivity contribution in [2.45, 2.75) is 18.1 Å². The Labute approximate surface area is 159 Å². The monoisotopic (exact) mass is 387 g/mol. The van der Waals surface area contributed by atoms with Crippen molar-refractivity contribution in [3.05, 3.63) is 42.6 Å². The van der Waals surface area contributed by atoms with Gasteiger partial charge >= 0.3 is 0 Å². The highest BCUT2D eigenvalue weighted by Crippen LogP contribution is 2.26. The topological polar surface area (TPSA) is 73.1 Å². The molecule has 27 heavy (non-hydrogen) atoms. The molecule has 1 amide bonds. The summed E-state index contributed by atoms with van der Waals surface area (Å²) in [5, 5.41) is 5.81. The van der Waals surface area contributed by atoms with Gasteiger partial charge in [-0.05, 0) is 31.2 Å². The molecule has 4 rings (SSSR count). The molecule has 0 spiro atoms. The molecule has 1 saturated heterocycles. The molecule has 0 N–H and O–H groups in total. The van der Waals surface area contributed by atoms with Gasteiger partial charge in [0.2, 0.25) is 5.91 Å². The summed E-state index contributed by atoms with van der Waals surface area (Å²) in [5.41, 5.74) is 1.32. The molecule has 1 aliphatic rings. The summed E-state index contributed by atoms with van der Waals surface area (Å²) in [6.45, 7) is 3.76. The van der Waals surface area contributed by atoms with Crippen LogP contribution < -0.4 is 0 Å². The zero-order valence-corrected chi connectivity index (χ0v) is 15.5. The first-order chi connectivity index (χ1) is 13.1. The van der Waals surface area contributed by atoms with Crippen molar-refractivity contribution >= 4 is 28.7 Å².